The second kappa shape index (κ2) is 5.12. The van der Waals surface area contributed by atoms with Crippen LogP contribution in [0.1, 0.15) is 35.7 Å². The normalized spacial score (nSPS) is 12.2. The van der Waals surface area contributed by atoms with Crippen molar-refractivity contribution in [2.75, 3.05) is 5.32 Å². The van der Waals surface area contributed by atoms with E-state index in [9.17, 15) is 0 Å². The summed E-state index contributed by atoms with van der Waals surface area (Å²) in [6.07, 6.45) is 3.73. The fourth-order valence-corrected chi connectivity index (χ4v) is 1.90. The van der Waals surface area contributed by atoms with E-state index in [-0.39, 0.29) is 6.04 Å². The second-order valence-electron chi connectivity index (χ2n) is 4.51. The predicted octanol–water partition coefficient (Wildman–Crippen LogP) is 2.97. The third kappa shape index (κ3) is 2.83. The summed E-state index contributed by atoms with van der Waals surface area (Å²) in [5.74, 6) is 0.806. The van der Waals surface area contributed by atoms with Gasteiger partial charge in [0.2, 0.25) is 0 Å². The molecule has 0 aromatic carbocycles. The molecule has 0 saturated heterocycles. The van der Waals surface area contributed by atoms with Gasteiger partial charge in [-0.05, 0) is 39.8 Å². The van der Waals surface area contributed by atoms with Gasteiger partial charge in [-0.15, -0.1) is 0 Å². The molecule has 0 saturated carbocycles. The van der Waals surface area contributed by atoms with Gasteiger partial charge in [0.05, 0.1) is 17.9 Å². The lowest BCUT2D eigenvalue weighted by Gasteiger charge is -2.17. The van der Waals surface area contributed by atoms with Crippen LogP contribution in [0.25, 0.3) is 0 Å². The molecular formula is C14H18N4. The van der Waals surface area contributed by atoms with E-state index in [1.165, 1.54) is 0 Å². The van der Waals surface area contributed by atoms with Gasteiger partial charge in [-0.2, -0.15) is 0 Å². The molecule has 0 radical (unpaired) electrons. The first-order valence-corrected chi connectivity index (χ1v) is 6.05. The molecule has 2 rings (SSSR count). The zero-order valence-electron chi connectivity index (χ0n) is 11.2. The summed E-state index contributed by atoms with van der Waals surface area (Å²) >= 11 is 0. The van der Waals surface area contributed by atoms with E-state index < -0.39 is 0 Å². The SMILES string of the molecule is Cc1ccc(NC(C)c2cnc(C)nc2C)cn1. The standard InChI is InChI=1S/C14H18N4/c1-9-5-6-13(7-15-9)18-11(3)14-8-16-12(4)17-10(14)2/h5-8,11,18H,1-4H3. The molecule has 2 heterocycles. The smallest absolute Gasteiger partial charge is 0.125 e. The maximum Gasteiger partial charge on any atom is 0.125 e. The van der Waals surface area contributed by atoms with Crippen molar-refractivity contribution >= 4 is 5.69 Å². The van der Waals surface area contributed by atoms with Crippen molar-refractivity contribution in [3.8, 4) is 0 Å². The van der Waals surface area contributed by atoms with Gasteiger partial charge >= 0.3 is 0 Å². The van der Waals surface area contributed by atoms with E-state index in [0.717, 1.165) is 28.5 Å². The highest BCUT2D eigenvalue weighted by Gasteiger charge is 2.10. The van der Waals surface area contributed by atoms with Crippen molar-refractivity contribution in [2.45, 2.75) is 33.7 Å². The molecule has 4 nitrogen and oxygen atoms in total. The summed E-state index contributed by atoms with van der Waals surface area (Å²) < 4.78 is 0. The van der Waals surface area contributed by atoms with Crippen molar-refractivity contribution in [1.82, 2.24) is 15.0 Å². The number of rotatable bonds is 3. The van der Waals surface area contributed by atoms with Crippen molar-refractivity contribution in [2.24, 2.45) is 0 Å². The summed E-state index contributed by atoms with van der Waals surface area (Å²) in [6, 6.07) is 4.19. The maximum absolute atomic E-state index is 4.38. The summed E-state index contributed by atoms with van der Waals surface area (Å²) in [6.45, 7) is 7.99. The van der Waals surface area contributed by atoms with E-state index in [1.807, 2.05) is 45.3 Å². The summed E-state index contributed by atoms with van der Waals surface area (Å²) in [5.41, 5.74) is 4.15. The van der Waals surface area contributed by atoms with E-state index in [0.29, 0.717) is 0 Å². The van der Waals surface area contributed by atoms with Crippen LogP contribution < -0.4 is 5.32 Å². The first-order valence-electron chi connectivity index (χ1n) is 6.05. The van der Waals surface area contributed by atoms with Crippen LogP contribution in [0.4, 0.5) is 5.69 Å². The van der Waals surface area contributed by atoms with Crippen molar-refractivity contribution in [3.63, 3.8) is 0 Å². The van der Waals surface area contributed by atoms with Crippen LogP contribution >= 0.6 is 0 Å². The Morgan fingerprint density at radius 3 is 2.44 bits per heavy atom. The highest BCUT2D eigenvalue weighted by atomic mass is 14.9. The fourth-order valence-electron chi connectivity index (χ4n) is 1.90. The topological polar surface area (TPSA) is 50.7 Å². The van der Waals surface area contributed by atoms with Crippen LogP contribution in [-0.4, -0.2) is 15.0 Å². The highest BCUT2D eigenvalue weighted by molar-refractivity contribution is 5.43. The average molecular weight is 242 g/mol. The number of aromatic nitrogens is 3. The van der Waals surface area contributed by atoms with Gasteiger partial charge in [0.25, 0.3) is 0 Å². The van der Waals surface area contributed by atoms with Gasteiger partial charge in [-0.3, -0.25) is 4.98 Å². The van der Waals surface area contributed by atoms with Gasteiger partial charge in [-0.25, -0.2) is 9.97 Å². The third-order valence-corrected chi connectivity index (χ3v) is 2.90. The summed E-state index contributed by atoms with van der Waals surface area (Å²) in [5, 5.41) is 3.40. The van der Waals surface area contributed by atoms with Crippen LogP contribution in [0.2, 0.25) is 0 Å². The third-order valence-electron chi connectivity index (χ3n) is 2.90. The molecule has 0 aliphatic rings. The number of pyridine rings is 1. The molecule has 0 aliphatic carbocycles. The molecular weight excluding hydrogens is 224 g/mol. The Balaban J connectivity index is 2.16. The zero-order valence-corrected chi connectivity index (χ0v) is 11.2. The van der Waals surface area contributed by atoms with Crippen LogP contribution in [0.15, 0.2) is 24.5 Å². The number of anilines is 1. The lowest BCUT2D eigenvalue weighted by molar-refractivity contribution is 0.831. The number of hydrogen-bond donors (Lipinski definition) is 1. The zero-order chi connectivity index (χ0) is 13.1. The molecule has 0 aliphatic heterocycles. The van der Waals surface area contributed by atoms with E-state index >= 15 is 0 Å². The summed E-state index contributed by atoms with van der Waals surface area (Å²) in [4.78, 5) is 12.9. The van der Waals surface area contributed by atoms with Gasteiger partial charge in [0, 0.05) is 23.1 Å². The lowest BCUT2D eigenvalue weighted by atomic mass is 10.1. The van der Waals surface area contributed by atoms with Gasteiger partial charge in [0.1, 0.15) is 5.82 Å². The van der Waals surface area contributed by atoms with Gasteiger partial charge < -0.3 is 5.32 Å². The van der Waals surface area contributed by atoms with Gasteiger partial charge in [-0.1, -0.05) is 0 Å². The van der Waals surface area contributed by atoms with E-state index in [1.54, 1.807) is 0 Å². The minimum atomic E-state index is 0.162. The average Bonchev–Trinajstić information content (AvgIpc) is 2.32. The minimum Gasteiger partial charge on any atom is -0.377 e. The van der Waals surface area contributed by atoms with E-state index in [2.05, 4.69) is 27.2 Å². The quantitative estimate of drug-likeness (QED) is 0.899. The second-order valence-corrected chi connectivity index (χ2v) is 4.51. The Labute approximate surface area is 108 Å². The Morgan fingerprint density at radius 2 is 1.83 bits per heavy atom. The van der Waals surface area contributed by atoms with Gasteiger partial charge in [0.15, 0.2) is 0 Å². The molecule has 4 heteroatoms. The van der Waals surface area contributed by atoms with Crippen LogP contribution in [0, 0.1) is 20.8 Å². The maximum atomic E-state index is 4.38. The fraction of sp³-hybridized carbons (Fsp3) is 0.357. The molecule has 0 fully saturated rings. The van der Waals surface area contributed by atoms with Crippen LogP contribution in [0.5, 0.6) is 0 Å². The highest BCUT2D eigenvalue weighted by Crippen LogP contribution is 2.20. The van der Waals surface area contributed by atoms with Crippen LogP contribution in [0.3, 0.4) is 0 Å². The van der Waals surface area contributed by atoms with Crippen LogP contribution in [-0.2, 0) is 0 Å². The first kappa shape index (κ1) is 12.5. The van der Waals surface area contributed by atoms with E-state index in [4.69, 9.17) is 0 Å². The number of hydrogen-bond acceptors (Lipinski definition) is 4. The molecule has 0 amide bonds. The summed E-state index contributed by atoms with van der Waals surface area (Å²) in [7, 11) is 0. The molecule has 18 heavy (non-hydrogen) atoms. The Kier molecular flexibility index (Phi) is 3.55. The molecule has 0 bridgehead atoms. The largest absolute Gasteiger partial charge is 0.377 e. The van der Waals surface area contributed by atoms with Crippen molar-refractivity contribution in [1.29, 1.82) is 0 Å². The number of aryl methyl sites for hydroxylation is 3. The monoisotopic (exact) mass is 242 g/mol. The molecule has 0 spiro atoms. The first-order chi connectivity index (χ1) is 8.56. The Morgan fingerprint density at radius 1 is 1.06 bits per heavy atom. The lowest BCUT2D eigenvalue weighted by Crippen LogP contribution is -2.10. The molecule has 2 aromatic heterocycles. The molecule has 1 atom stereocenters. The number of nitrogens with one attached hydrogen (secondary N) is 1. The molecule has 94 valence electrons. The predicted molar refractivity (Wildman–Crippen MR) is 72.5 cm³/mol. The molecule has 1 unspecified atom stereocenters. The molecule has 2 aromatic rings. The van der Waals surface area contributed by atoms with Crippen molar-refractivity contribution in [3.05, 3.63) is 47.3 Å². The number of nitrogens with zero attached hydrogens (tertiary/aromatic N) is 3. The Hall–Kier alpha value is -1.97. The molecule has 1 N–H and O–H groups in total. The Bertz CT molecular complexity index is 534. The minimum absolute atomic E-state index is 0.162. The van der Waals surface area contributed by atoms with Crippen molar-refractivity contribution < 1.29 is 0 Å².